The normalized spacial score (nSPS) is 11.4. The van der Waals surface area contributed by atoms with Crippen molar-refractivity contribution in [2.24, 2.45) is 0 Å². The van der Waals surface area contributed by atoms with E-state index in [-0.39, 0.29) is 25.2 Å². The number of ether oxygens (including phenoxy) is 1. The number of aliphatic hydroxyl groups is 1. The van der Waals surface area contributed by atoms with Crippen molar-refractivity contribution >= 4 is 5.91 Å². The van der Waals surface area contributed by atoms with Gasteiger partial charge < -0.3 is 14.7 Å². The van der Waals surface area contributed by atoms with Gasteiger partial charge in [0.1, 0.15) is 12.4 Å². The van der Waals surface area contributed by atoms with Gasteiger partial charge in [-0.3, -0.25) is 4.79 Å². The van der Waals surface area contributed by atoms with E-state index in [1.807, 2.05) is 30.3 Å². The van der Waals surface area contributed by atoms with E-state index in [4.69, 9.17) is 11.2 Å². The second-order valence-electron chi connectivity index (χ2n) is 5.37. The Morgan fingerprint density at radius 3 is 2.46 bits per heavy atom. The van der Waals surface area contributed by atoms with Crippen LogP contribution in [-0.4, -0.2) is 36.2 Å². The maximum Gasteiger partial charge on any atom is 0.254 e. The van der Waals surface area contributed by atoms with Crippen LogP contribution in [0.15, 0.2) is 54.6 Å². The first-order valence-corrected chi connectivity index (χ1v) is 7.76. The predicted octanol–water partition coefficient (Wildman–Crippen LogP) is 2.89. The highest BCUT2D eigenvalue weighted by atomic mass is 16.5. The summed E-state index contributed by atoms with van der Waals surface area (Å²) in [7, 11) is 1.75. The van der Waals surface area contributed by atoms with Crippen molar-refractivity contribution in [3.05, 3.63) is 65.7 Å². The smallest absolute Gasteiger partial charge is 0.254 e. The lowest BCUT2D eigenvalue weighted by Crippen LogP contribution is -2.31. The molecular weight excluding hydrogens is 302 g/mol. The van der Waals surface area contributed by atoms with E-state index in [9.17, 15) is 9.90 Å². The quantitative estimate of drug-likeness (QED) is 0.797. The van der Waals surface area contributed by atoms with Crippen LogP contribution in [0.3, 0.4) is 0 Å². The van der Waals surface area contributed by atoms with Gasteiger partial charge in [-0.25, -0.2) is 0 Å². The molecule has 4 nitrogen and oxygen atoms in total. The first-order chi connectivity index (χ1) is 11.7. The zero-order valence-corrected chi connectivity index (χ0v) is 13.7. The van der Waals surface area contributed by atoms with Crippen molar-refractivity contribution < 1.29 is 14.6 Å². The van der Waals surface area contributed by atoms with E-state index in [1.54, 1.807) is 36.2 Å². The van der Waals surface area contributed by atoms with Gasteiger partial charge in [0.15, 0.2) is 0 Å². The Labute approximate surface area is 142 Å². The number of benzene rings is 2. The highest BCUT2D eigenvalue weighted by Gasteiger charge is 2.22. The SMILES string of the molecule is C#CCOc1ccc(C(=O)N(C)C(CCO)c2ccccc2)cc1. The van der Waals surface area contributed by atoms with Crippen molar-refractivity contribution in [2.75, 3.05) is 20.3 Å². The number of hydrogen-bond acceptors (Lipinski definition) is 3. The summed E-state index contributed by atoms with van der Waals surface area (Å²) < 4.78 is 5.31. The molecule has 0 saturated heterocycles. The Balaban J connectivity index is 2.15. The molecular formula is C20H21NO3. The van der Waals surface area contributed by atoms with Crippen LogP contribution in [0.4, 0.5) is 0 Å². The van der Waals surface area contributed by atoms with Crippen molar-refractivity contribution in [3.8, 4) is 18.1 Å². The number of carbonyl (C=O) groups is 1. The fourth-order valence-electron chi connectivity index (χ4n) is 2.55. The van der Waals surface area contributed by atoms with E-state index >= 15 is 0 Å². The summed E-state index contributed by atoms with van der Waals surface area (Å²) in [6.07, 6.45) is 5.64. The minimum atomic E-state index is -0.180. The Bertz CT molecular complexity index is 689. The molecule has 2 aromatic rings. The number of amides is 1. The number of hydrogen-bond donors (Lipinski definition) is 1. The molecule has 0 spiro atoms. The molecule has 1 N–H and O–H groups in total. The standard InChI is InChI=1S/C20H21NO3/c1-3-15-24-18-11-9-17(10-12-18)20(23)21(2)19(13-14-22)16-7-5-4-6-8-16/h1,4-12,19,22H,13-15H2,2H3. The van der Waals surface area contributed by atoms with Gasteiger partial charge in [-0.1, -0.05) is 36.3 Å². The van der Waals surface area contributed by atoms with Gasteiger partial charge in [-0.2, -0.15) is 0 Å². The minimum absolute atomic E-state index is 0.00997. The van der Waals surface area contributed by atoms with Gasteiger partial charge in [0, 0.05) is 19.2 Å². The lowest BCUT2D eigenvalue weighted by Gasteiger charge is -2.28. The number of aliphatic hydroxyl groups excluding tert-OH is 1. The summed E-state index contributed by atoms with van der Waals surface area (Å²) in [4.78, 5) is 14.4. The Morgan fingerprint density at radius 2 is 1.88 bits per heavy atom. The lowest BCUT2D eigenvalue weighted by molar-refractivity contribution is 0.0705. The molecule has 2 aromatic carbocycles. The molecule has 4 heteroatoms. The lowest BCUT2D eigenvalue weighted by atomic mass is 10.0. The molecule has 0 aliphatic heterocycles. The molecule has 0 radical (unpaired) electrons. The van der Waals surface area contributed by atoms with Gasteiger partial charge in [-0.05, 0) is 36.2 Å². The van der Waals surface area contributed by atoms with Crippen molar-refractivity contribution in [2.45, 2.75) is 12.5 Å². The first kappa shape index (κ1) is 17.6. The fourth-order valence-corrected chi connectivity index (χ4v) is 2.55. The van der Waals surface area contributed by atoms with Crippen LogP contribution in [0, 0.1) is 12.3 Å². The van der Waals surface area contributed by atoms with Gasteiger partial charge in [0.25, 0.3) is 5.91 Å². The molecule has 1 unspecified atom stereocenters. The summed E-state index contributed by atoms with van der Waals surface area (Å²) >= 11 is 0. The topological polar surface area (TPSA) is 49.8 Å². The largest absolute Gasteiger partial charge is 0.481 e. The number of nitrogens with zero attached hydrogens (tertiary/aromatic N) is 1. The monoisotopic (exact) mass is 323 g/mol. The predicted molar refractivity (Wildman–Crippen MR) is 93.7 cm³/mol. The maximum atomic E-state index is 12.7. The van der Waals surface area contributed by atoms with E-state index in [2.05, 4.69) is 5.92 Å². The van der Waals surface area contributed by atoms with Crippen LogP contribution in [0.2, 0.25) is 0 Å². The van der Waals surface area contributed by atoms with Crippen molar-refractivity contribution in [1.82, 2.24) is 4.90 Å². The summed E-state index contributed by atoms with van der Waals surface area (Å²) in [5.74, 6) is 2.91. The molecule has 0 aromatic heterocycles. The van der Waals surface area contributed by atoms with Crippen LogP contribution in [0.25, 0.3) is 0 Å². The summed E-state index contributed by atoms with van der Waals surface area (Å²) in [6, 6.07) is 16.4. The van der Waals surface area contributed by atoms with Gasteiger partial charge in [-0.15, -0.1) is 6.42 Å². The minimum Gasteiger partial charge on any atom is -0.481 e. The Morgan fingerprint density at radius 1 is 1.21 bits per heavy atom. The number of carbonyl (C=O) groups excluding carboxylic acids is 1. The maximum absolute atomic E-state index is 12.7. The average Bonchev–Trinajstić information content (AvgIpc) is 2.64. The molecule has 2 rings (SSSR count). The second-order valence-corrected chi connectivity index (χ2v) is 5.37. The van der Waals surface area contributed by atoms with Crippen LogP contribution < -0.4 is 4.74 Å². The molecule has 1 atom stereocenters. The number of terminal acetylenes is 1. The molecule has 0 bridgehead atoms. The van der Waals surface area contributed by atoms with Crippen LogP contribution in [0.5, 0.6) is 5.75 Å². The molecule has 0 aliphatic carbocycles. The molecule has 0 aliphatic rings. The van der Waals surface area contributed by atoms with Gasteiger partial charge >= 0.3 is 0 Å². The Hall–Kier alpha value is -2.77. The highest BCUT2D eigenvalue weighted by Crippen LogP contribution is 2.25. The molecule has 124 valence electrons. The summed E-state index contributed by atoms with van der Waals surface area (Å²) in [6.45, 7) is 0.204. The zero-order valence-electron chi connectivity index (χ0n) is 13.7. The third kappa shape index (κ3) is 4.37. The summed E-state index contributed by atoms with van der Waals surface area (Å²) in [5, 5.41) is 9.35. The molecule has 0 fully saturated rings. The van der Waals surface area contributed by atoms with Gasteiger partial charge in [0.2, 0.25) is 0 Å². The van der Waals surface area contributed by atoms with E-state index < -0.39 is 0 Å². The molecule has 0 heterocycles. The summed E-state index contributed by atoms with van der Waals surface area (Å²) in [5.41, 5.74) is 1.56. The molecule has 0 saturated carbocycles. The van der Waals surface area contributed by atoms with E-state index in [0.717, 1.165) is 5.56 Å². The van der Waals surface area contributed by atoms with Crippen molar-refractivity contribution in [3.63, 3.8) is 0 Å². The number of rotatable bonds is 7. The third-order valence-electron chi connectivity index (χ3n) is 3.80. The average molecular weight is 323 g/mol. The fraction of sp³-hybridized carbons (Fsp3) is 0.250. The Kier molecular flexibility index (Phi) is 6.41. The molecule has 1 amide bonds. The zero-order chi connectivity index (χ0) is 17.4. The van der Waals surface area contributed by atoms with Crippen molar-refractivity contribution in [1.29, 1.82) is 0 Å². The molecule has 24 heavy (non-hydrogen) atoms. The van der Waals surface area contributed by atoms with Crippen LogP contribution in [0.1, 0.15) is 28.4 Å². The van der Waals surface area contributed by atoms with Gasteiger partial charge in [0.05, 0.1) is 6.04 Å². The first-order valence-electron chi connectivity index (χ1n) is 7.76. The second kappa shape index (κ2) is 8.76. The van der Waals surface area contributed by atoms with Crippen LogP contribution in [-0.2, 0) is 0 Å². The highest BCUT2D eigenvalue weighted by molar-refractivity contribution is 5.94. The third-order valence-corrected chi connectivity index (χ3v) is 3.80. The van der Waals surface area contributed by atoms with Crippen LogP contribution >= 0.6 is 0 Å². The van der Waals surface area contributed by atoms with E-state index in [1.165, 1.54) is 0 Å². The van der Waals surface area contributed by atoms with E-state index in [0.29, 0.717) is 17.7 Å².